The summed E-state index contributed by atoms with van der Waals surface area (Å²) in [6.45, 7) is 0. The van der Waals surface area contributed by atoms with E-state index in [4.69, 9.17) is 4.89 Å². The quantitative estimate of drug-likeness (QED) is 0.319. The van der Waals surface area contributed by atoms with Gasteiger partial charge in [-0.25, -0.2) is 0 Å². The highest BCUT2D eigenvalue weighted by molar-refractivity contribution is 6.02. The molecule has 2 N–H and O–H groups in total. The van der Waals surface area contributed by atoms with Crippen molar-refractivity contribution in [2.24, 2.45) is 0 Å². The highest BCUT2D eigenvalue weighted by Crippen LogP contribution is 2.43. The highest BCUT2D eigenvalue weighted by Gasteiger charge is 2.15. The Labute approximate surface area is 109 Å². The predicted molar refractivity (Wildman–Crippen MR) is 72.4 cm³/mol. The Kier molecular flexibility index (Phi) is 2.65. The second-order valence-electron chi connectivity index (χ2n) is 4.24. The van der Waals surface area contributed by atoms with Gasteiger partial charge in [-0.2, -0.15) is 4.89 Å². The van der Waals surface area contributed by atoms with E-state index >= 15 is 0 Å². The average molecular weight is 256 g/mol. The third-order valence-electron chi connectivity index (χ3n) is 3.08. The van der Waals surface area contributed by atoms with Crippen LogP contribution in [-0.2, 0) is 4.89 Å². The topological polar surface area (TPSA) is 58.9 Å². The zero-order valence-corrected chi connectivity index (χ0v) is 10.3. The number of benzene rings is 3. The summed E-state index contributed by atoms with van der Waals surface area (Å²) in [5, 5.41) is 23.1. The standard InChI is InChI=1S/C15H12O4/c1-18-19-15-12-7-10-5-3-2-4-9(10)6-11(12)8-13(16)14(15)17/h2-8,16-17H,1H3. The summed E-state index contributed by atoms with van der Waals surface area (Å²) >= 11 is 0. The van der Waals surface area contributed by atoms with Crippen molar-refractivity contribution in [3.63, 3.8) is 0 Å². The van der Waals surface area contributed by atoms with Crippen molar-refractivity contribution in [1.29, 1.82) is 0 Å². The fourth-order valence-electron chi connectivity index (χ4n) is 2.20. The van der Waals surface area contributed by atoms with Crippen LogP contribution in [0, 0.1) is 0 Å². The van der Waals surface area contributed by atoms with Gasteiger partial charge in [0.05, 0.1) is 7.11 Å². The highest BCUT2D eigenvalue weighted by atomic mass is 17.2. The summed E-state index contributed by atoms with van der Waals surface area (Å²) in [5.41, 5.74) is 0. The van der Waals surface area contributed by atoms with Crippen LogP contribution in [0.25, 0.3) is 21.5 Å². The van der Waals surface area contributed by atoms with Gasteiger partial charge in [0.15, 0.2) is 5.75 Å². The normalized spacial score (nSPS) is 11.0. The molecular formula is C15H12O4. The van der Waals surface area contributed by atoms with E-state index < -0.39 is 0 Å². The molecular weight excluding hydrogens is 244 g/mol. The Hall–Kier alpha value is -2.46. The Bertz CT molecular complexity index is 765. The van der Waals surface area contributed by atoms with Crippen molar-refractivity contribution >= 4 is 21.5 Å². The lowest BCUT2D eigenvalue weighted by Crippen LogP contribution is -1.92. The van der Waals surface area contributed by atoms with Crippen molar-refractivity contribution < 1.29 is 20.0 Å². The Balaban J connectivity index is 2.42. The van der Waals surface area contributed by atoms with E-state index in [9.17, 15) is 10.2 Å². The van der Waals surface area contributed by atoms with Gasteiger partial charge in [-0.15, -0.1) is 0 Å². The van der Waals surface area contributed by atoms with Gasteiger partial charge in [0, 0.05) is 5.39 Å². The molecule has 0 radical (unpaired) electrons. The second kappa shape index (κ2) is 4.33. The summed E-state index contributed by atoms with van der Waals surface area (Å²) in [4.78, 5) is 9.58. The largest absolute Gasteiger partial charge is 0.504 e. The van der Waals surface area contributed by atoms with Crippen LogP contribution in [0.15, 0.2) is 42.5 Å². The van der Waals surface area contributed by atoms with Crippen LogP contribution < -0.4 is 4.89 Å². The third-order valence-corrected chi connectivity index (χ3v) is 3.08. The van der Waals surface area contributed by atoms with Gasteiger partial charge < -0.3 is 15.1 Å². The zero-order chi connectivity index (χ0) is 13.4. The smallest absolute Gasteiger partial charge is 0.218 e. The summed E-state index contributed by atoms with van der Waals surface area (Å²) < 4.78 is 0. The molecule has 4 heteroatoms. The first-order valence-corrected chi connectivity index (χ1v) is 5.79. The monoisotopic (exact) mass is 256 g/mol. The molecule has 96 valence electrons. The molecule has 0 bridgehead atoms. The van der Waals surface area contributed by atoms with E-state index in [1.54, 1.807) is 0 Å². The van der Waals surface area contributed by atoms with Gasteiger partial charge >= 0.3 is 0 Å². The number of hydrogen-bond donors (Lipinski definition) is 2. The first-order valence-electron chi connectivity index (χ1n) is 5.79. The molecule has 0 heterocycles. The molecule has 0 atom stereocenters. The minimum atomic E-state index is -0.329. The van der Waals surface area contributed by atoms with Crippen molar-refractivity contribution in [2.45, 2.75) is 0 Å². The maximum Gasteiger partial charge on any atom is 0.218 e. The molecule has 4 nitrogen and oxygen atoms in total. The molecule has 3 aromatic carbocycles. The number of aromatic hydroxyl groups is 2. The molecule has 0 aromatic heterocycles. The second-order valence-corrected chi connectivity index (χ2v) is 4.24. The van der Waals surface area contributed by atoms with Crippen molar-refractivity contribution in [3.05, 3.63) is 42.5 Å². The molecule has 0 amide bonds. The Morgan fingerprint density at radius 1 is 0.895 bits per heavy atom. The molecule has 3 aromatic rings. The van der Waals surface area contributed by atoms with E-state index in [0.717, 1.165) is 16.2 Å². The lowest BCUT2D eigenvalue weighted by atomic mass is 10.0. The molecule has 0 spiro atoms. The van der Waals surface area contributed by atoms with Crippen molar-refractivity contribution in [1.82, 2.24) is 0 Å². The van der Waals surface area contributed by atoms with E-state index in [0.29, 0.717) is 5.39 Å². The molecule has 0 saturated carbocycles. The average Bonchev–Trinajstić information content (AvgIpc) is 2.42. The van der Waals surface area contributed by atoms with Crippen LogP contribution in [0.4, 0.5) is 0 Å². The third kappa shape index (κ3) is 1.82. The summed E-state index contributed by atoms with van der Waals surface area (Å²) in [7, 11) is 1.34. The molecule has 0 aliphatic rings. The maximum atomic E-state index is 9.84. The van der Waals surface area contributed by atoms with Gasteiger partial charge in [0.2, 0.25) is 11.5 Å². The fraction of sp³-hybridized carbons (Fsp3) is 0.0667. The Morgan fingerprint density at radius 3 is 2.26 bits per heavy atom. The maximum absolute atomic E-state index is 9.84. The minimum Gasteiger partial charge on any atom is -0.504 e. The molecule has 0 aliphatic heterocycles. The molecule has 3 rings (SSSR count). The number of fused-ring (bicyclic) bond motifs is 2. The van der Waals surface area contributed by atoms with E-state index in [1.807, 2.05) is 36.4 Å². The van der Waals surface area contributed by atoms with Gasteiger partial charge in [0.1, 0.15) is 0 Å². The first-order chi connectivity index (χ1) is 9.20. The lowest BCUT2D eigenvalue weighted by Gasteiger charge is -2.10. The van der Waals surface area contributed by atoms with Gasteiger partial charge in [-0.3, -0.25) is 0 Å². The SMILES string of the molecule is COOc1c(O)c(O)cc2cc3ccccc3cc12. The summed E-state index contributed by atoms with van der Waals surface area (Å²) in [6, 6.07) is 13.1. The number of phenolic OH excluding ortho intramolecular Hbond substituents is 2. The van der Waals surface area contributed by atoms with Gasteiger partial charge in [-0.05, 0) is 34.4 Å². The van der Waals surface area contributed by atoms with Crippen LogP contribution in [0.3, 0.4) is 0 Å². The molecule has 0 aliphatic carbocycles. The van der Waals surface area contributed by atoms with Crippen LogP contribution >= 0.6 is 0 Å². The minimum absolute atomic E-state index is 0.114. The van der Waals surface area contributed by atoms with Crippen LogP contribution in [0.5, 0.6) is 17.2 Å². The van der Waals surface area contributed by atoms with Gasteiger partial charge in [0.25, 0.3) is 0 Å². The van der Waals surface area contributed by atoms with E-state index in [2.05, 4.69) is 4.89 Å². The number of hydrogen-bond acceptors (Lipinski definition) is 4. The molecule has 0 saturated heterocycles. The van der Waals surface area contributed by atoms with Crippen molar-refractivity contribution in [2.75, 3.05) is 7.11 Å². The number of phenols is 2. The number of rotatable bonds is 2. The summed E-state index contributed by atoms with van der Waals surface area (Å²) in [5.74, 6) is -0.456. The fourth-order valence-corrected chi connectivity index (χ4v) is 2.20. The lowest BCUT2D eigenvalue weighted by molar-refractivity contribution is -0.178. The Morgan fingerprint density at radius 2 is 1.58 bits per heavy atom. The van der Waals surface area contributed by atoms with Gasteiger partial charge in [-0.1, -0.05) is 24.3 Å². The first kappa shape index (κ1) is 11.6. The van der Waals surface area contributed by atoms with E-state index in [1.165, 1.54) is 13.2 Å². The zero-order valence-electron chi connectivity index (χ0n) is 10.3. The molecule has 0 fully saturated rings. The van der Waals surface area contributed by atoms with Crippen LogP contribution in [0.1, 0.15) is 0 Å². The van der Waals surface area contributed by atoms with Crippen LogP contribution in [-0.4, -0.2) is 17.3 Å². The predicted octanol–water partition coefficient (Wildman–Crippen LogP) is 3.34. The van der Waals surface area contributed by atoms with Crippen molar-refractivity contribution in [3.8, 4) is 17.2 Å². The summed E-state index contributed by atoms with van der Waals surface area (Å²) in [6.07, 6.45) is 0. The van der Waals surface area contributed by atoms with E-state index in [-0.39, 0.29) is 17.2 Å². The molecule has 19 heavy (non-hydrogen) atoms. The van der Waals surface area contributed by atoms with Crippen LogP contribution in [0.2, 0.25) is 0 Å². The molecule has 0 unspecified atom stereocenters.